The van der Waals surface area contributed by atoms with Crippen molar-refractivity contribution < 1.29 is 4.39 Å². The smallest absolute Gasteiger partial charge is 0.110 e. The Kier molecular flexibility index (Phi) is 2.07. The highest BCUT2D eigenvalue weighted by Crippen LogP contribution is 2.58. The maximum Gasteiger partial charge on any atom is 0.110 e. The first-order chi connectivity index (χ1) is 7.88. The lowest BCUT2D eigenvalue weighted by atomic mass is 9.66. The van der Waals surface area contributed by atoms with Crippen molar-refractivity contribution >= 4 is 0 Å². The Morgan fingerprint density at radius 2 is 1.82 bits per heavy atom. The maximum atomic E-state index is 14.0. The van der Waals surface area contributed by atoms with Crippen LogP contribution in [-0.2, 0) is 0 Å². The number of hydrogen-bond donors (Lipinski definition) is 0. The van der Waals surface area contributed by atoms with E-state index >= 15 is 0 Å². The van der Waals surface area contributed by atoms with E-state index in [0.717, 1.165) is 6.42 Å². The molecule has 0 spiro atoms. The number of halogens is 1. The van der Waals surface area contributed by atoms with E-state index in [0.29, 0.717) is 5.92 Å². The Labute approximate surface area is 103 Å². The molecular formula is C16H21F. The van der Waals surface area contributed by atoms with Crippen molar-refractivity contribution in [2.75, 3.05) is 0 Å². The molecule has 0 aliphatic heterocycles. The summed E-state index contributed by atoms with van der Waals surface area (Å²) in [6, 6.07) is 0. The number of allylic oxidation sites excluding steroid dienone is 6. The largest absolute Gasteiger partial charge is 0.246 e. The van der Waals surface area contributed by atoms with Gasteiger partial charge in [0.05, 0.1) is 0 Å². The lowest BCUT2D eigenvalue weighted by molar-refractivity contribution is 0.146. The molecule has 3 aliphatic rings. The van der Waals surface area contributed by atoms with E-state index in [1.165, 1.54) is 6.42 Å². The Hall–Kier alpha value is -0.850. The van der Waals surface area contributed by atoms with E-state index in [-0.39, 0.29) is 16.2 Å². The van der Waals surface area contributed by atoms with Crippen molar-refractivity contribution in [2.24, 2.45) is 22.2 Å². The molecule has 3 aliphatic carbocycles. The summed E-state index contributed by atoms with van der Waals surface area (Å²) >= 11 is 0. The topological polar surface area (TPSA) is 0 Å². The molecule has 0 fully saturated rings. The van der Waals surface area contributed by atoms with Gasteiger partial charge in [0.2, 0.25) is 0 Å². The summed E-state index contributed by atoms with van der Waals surface area (Å²) in [7, 11) is 0. The van der Waals surface area contributed by atoms with Gasteiger partial charge in [0.15, 0.2) is 0 Å². The van der Waals surface area contributed by atoms with Crippen LogP contribution in [0.5, 0.6) is 0 Å². The zero-order valence-corrected chi connectivity index (χ0v) is 10.9. The molecule has 0 heterocycles. The van der Waals surface area contributed by atoms with E-state index < -0.39 is 6.17 Å². The number of rotatable bonds is 1. The Morgan fingerprint density at radius 1 is 1.12 bits per heavy atom. The summed E-state index contributed by atoms with van der Waals surface area (Å²) in [5, 5.41) is 0. The van der Waals surface area contributed by atoms with Gasteiger partial charge in [0, 0.05) is 10.8 Å². The van der Waals surface area contributed by atoms with Crippen molar-refractivity contribution in [1.29, 1.82) is 0 Å². The van der Waals surface area contributed by atoms with E-state index in [1.807, 2.05) is 0 Å². The van der Waals surface area contributed by atoms with Gasteiger partial charge in [-0.2, -0.15) is 0 Å². The fourth-order valence-electron chi connectivity index (χ4n) is 3.77. The van der Waals surface area contributed by atoms with Gasteiger partial charge < -0.3 is 0 Å². The minimum absolute atomic E-state index is 0.137. The fraction of sp³-hybridized carbons (Fsp3) is 0.625. The van der Waals surface area contributed by atoms with Gasteiger partial charge in [0.1, 0.15) is 6.17 Å². The van der Waals surface area contributed by atoms with Gasteiger partial charge in [0.25, 0.3) is 0 Å². The third kappa shape index (κ3) is 1.47. The summed E-state index contributed by atoms with van der Waals surface area (Å²) in [5.74, 6) is 0.564. The number of alkyl halides is 1. The standard InChI is InChI=1S/C16H21F/c1-12(17)16-8-6-14(2)5-4-13(10-14)15(3,11-16)7-9-16/h4-9,12-13H,10-11H2,1-3H3/t12?,13?,14?,15-,16?/m1/s1. The molecule has 0 saturated heterocycles. The van der Waals surface area contributed by atoms with Crippen molar-refractivity contribution in [3.63, 3.8) is 0 Å². The molecule has 1 heteroatoms. The van der Waals surface area contributed by atoms with Crippen LogP contribution in [0.3, 0.4) is 0 Å². The summed E-state index contributed by atoms with van der Waals surface area (Å²) in [5.41, 5.74) is -0.0847. The van der Waals surface area contributed by atoms with Crippen LogP contribution < -0.4 is 0 Å². The van der Waals surface area contributed by atoms with E-state index in [4.69, 9.17) is 0 Å². The highest BCUT2D eigenvalue weighted by Gasteiger charge is 2.50. The predicted octanol–water partition coefficient (Wildman–Crippen LogP) is 4.45. The third-order valence-corrected chi connectivity index (χ3v) is 5.19. The zero-order chi connectivity index (χ0) is 12.3. The Balaban J connectivity index is 2.10. The first kappa shape index (κ1) is 11.3. The van der Waals surface area contributed by atoms with Crippen LogP contribution in [0.25, 0.3) is 0 Å². The van der Waals surface area contributed by atoms with Gasteiger partial charge in [-0.3, -0.25) is 0 Å². The molecule has 17 heavy (non-hydrogen) atoms. The van der Waals surface area contributed by atoms with Gasteiger partial charge in [-0.25, -0.2) is 4.39 Å². The minimum atomic E-state index is -0.807. The SMILES string of the molecule is CC(F)C12C=CC3(C)C=CC(C3)[C@](C)(C=C1)C2. The van der Waals surface area contributed by atoms with Crippen LogP contribution >= 0.6 is 0 Å². The van der Waals surface area contributed by atoms with E-state index in [9.17, 15) is 4.39 Å². The zero-order valence-electron chi connectivity index (χ0n) is 10.9. The van der Waals surface area contributed by atoms with Gasteiger partial charge in [-0.1, -0.05) is 50.3 Å². The average molecular weight is 232 g/mol. The van der Waals surface area contributed by atoms with Crippen molar-refractivity contribution in [1.82, 2.24) is 0 Å². The average Bonchev–Trinajstić information content (AvgIpc) is 2.81. The van der Waals surface area contributed by atoms with Crippen molar-refractivity contribution in [2.45, 2.75) is 39.8 Å². The molecule has 92 valence electrons. The maximum absolute atomic E-state index is 14.0. The highest BCUT2D eigenvalue weighted by molar-refractivity contribution is 5.33. The van der Waals surface area contributed by atoms with Gasteiger partial charge >= 0.3 is 0 Å². The third-order valence-electron chi connectivity index (χ3n) is 5.19. The molecule has 0 aromatic heterocycles. The first-order valence-electron chi connectivity index (χ1n) is 6.62. The highest BCUT2D eigenvalue weighted by atomic mass is 19.1. The second-order valence-electron chi connectivity index (χ2n) is 6.75. The molecule has 5 atom stereocenters. The normalized spacial score (nSPS) is 52.6. The first-order valence-corrected chi connectivity index (χ1v) is 6.62. The predicted molar refractivity (Wildman–Crippen MR) is 69.4 cm³/mol. The minimum Gasteiger partial charge on any atom is -0.246 e. The molecular weight excluding hydrogens is 211 g/mol. The van der Waals surface area contributed by atoms with Crippen LogP contribution in [-0.4, -0.2) is 6.17 Å². The van der Waals surface area contributed by atoms with E-state index in [1.54, 1.807) is 6.92 Å². The summed E-state index contributed by atoms with van der Waals surface area (Å²) < 4.78 is 14.0. The fourth-order valence-corrected chi connectivity index (χ4v) is 3.77. The Bertz CT molecular complexity index is 431. The summed E-state index contributed by atoms with van der Waals surface area (Å²) in [6.45, 7) is 6.23. The summed E-state index contributed by atoms with van der Waals surface area (Å²) in [4.78, 5) is 0. The van der Waals surface area contributed by atoms with Gasteiger partial charge in [-0.15, -0.1) is 0 Å². The lowest BCUT2D eigenvalue weighted by Gasteiger charge is -2.38. The molecule has 4 bridgehead atoms. The van der Waals surface area contributed by atoms with E-state index in [2.05, 4.69) is 50.3 Å². The number of fused-ring (bicyclic) bond motifs is 5. The molecule has 4 unspecified atom stereocenters. The molecule has 0 radical (unpaired) electrons. The molecule has 0 aromatic rings. The van der Waals surface area contributed by atoms with Crippen LogP contribution in [0.4, 0.5) is 4.39 Å². The molecule has 3 rings (SSSR count). The van der Waals surface area contributed by atoms with Crippen LogP contribution in [0, 0.1) is 22.2 Å². The van der Waals surface area contributed by atoms with Crippen molar-refractivity contribution in [3.8, 4) is 0 Å². The lowest BCUT2D eigenvalue weighted by Crippen LogP contribution is -2.33. The second kappa shape index (κ2) is 3.13. The molecule has 0 amide bonds. The molecule has 0 nitrogen and oxygen atoms in total. The molecule has 0 aromatic carbocycles. The summed E-state index contributed by atoms with van der Waals surface area (Å²) in [6.07, 6.45) is 14.7. The molecule has 0 N–H and O–H groups in total. The van der Waals surface area contributed by atoms with Crippen molar-refractivity contribution in [3.05, 3.63) is 36.5 Å². The van der Waals surface area contributed by atoms with Crippen LogP contribution in [0.15, 0.2) is 36.5 Å². The quantitative estimate of drug-likeness (QED) is 0.586. The molecule has 0 saturated carbocycles. The second-order valence-corrected chi connectivity index (χ2v) is 6.75. The Morgan fingerprint density at radius 3 is 2.53 bits per heavy atom. The van der Waals surface area contributed by atoms with Gasteiger partial charge in [-0.05, 0) is 31.1 Å². The van der Waals surface area contributed by atoms with Crippen LogP contribution in [0.1, 0.15) is 33.6 Å². The monoisotopic (exact) mass is 232 g/mol. The number of hydrogen-bond acceptors (Lipinski definition) is 0. The van der Waals surface area contributed by atoms with Crippen LogP contribution in [0.2, 0.25) is 0 Å².